The minimum atomic E-state index is -0.286. The molecular formula is C11H21NO3. The van der Waals surface area contributed by atoms with Crippen LogP contribution in [0.3, 0.4) is 0 Å². The Morgan fingerprint density at radius 2 is 2.07 bits per heavy atom. The van der Waals surface area contributed by atoms with E-state index in [9.17, 15) is 4.79 Å². The number of ether oxygens (including phenoxy) is 1. The number of hydrogen-bond donors (Lipinski definition) is 2. The van der Waals surface area contributed by atoms with Crippen LogP contribution in [0.4, 0.5) is 0 Å². The first kappa shape index (κ1) is 12.5. The second kappa shape index (κ2) is 4.49. The topological polar surface area (TPSA) is 58.6 Å². The van der Waals surface area contributed by atoms with Crippen LogP contribution >= 0.6 is 0 Å². The Hall–Kier alpha value is -0.610. The molecule has 4 heteroatoms. The molecule has 0 aromatic carbocycles. The van der Waals surface area contributed by atoms with E-state index in [0.717, 1.165) is 12.8 Å². The lowest BCUT2D eigenvalue weighted by Gasteiger charge is -2.19. The van der Waals surface area contributed by atoms with Gasteiger partial charge in [-0.05, 0) is 33.6 Å². The van der Waals surface area contributed by atoms with Gasteiger partial charge >= 0.3 is 0 Å². The van der Waals surface area contributed by atoms with Crippen molar-refractivity contribution in [1.29, 1.82) is 0 Å². The molecule has 1 rings (SSSR count). The Kier molecular flexibility index (Phi) is 3.73. The van der Waals surface area contributed by atoms with Crippen LogP contribution in [0.5, 0.6) is 0 Å². The molecule has 1 amide bonds. The van der Waals surface area contributed by atoms with Crippen LogP contribution in [0, 0.1) is 5.41 Å². The van der Waals surface area contributed by atoms with E-state index in [4.69, 9.17) is 9.84 Å². The molecule has 0 aromatic rings. The fourth-order valence-electron chi connectivity index (χ4n) is 1.19. The molecule has 1 aliphatic carbocycles. The number of aliphatic hydroxyl groups excluding tert-OH is 1. The van der Waals surface area contributed by atoms with Crippen LogP contribution in [-0.2, 0) is 9.53 Å². The fraction of sp³-hybridized carbons (Fsp3) is 0.909. The van der Waals surface area contributed by atoms with Crippen molar-refractivity contribution in [2.75, 3.05) is 19.8 Å². The standard InChI is InChI=1S/C11H21NO3/c1-10(2,3)15-6-9(14)12-7-11(8-13)4-5-11/h13H,4-8H2,1-3H3,(H,12,14). The minimum Gasteiger partial charge on any atom is -0.396 e. The lowest BCUT2D eigenvalue weighted by Crippen LogP contribution is -2.36. The normalized spacial score (nSPS) is 18.7. The van der Waals surface area contributed by atoms with E-state index >= 15 is 0 Å². The van der Waals surface area contributed by atoms with Gasteiger partial charge in [-0.1, -0.05) is 0 Å². The monoisotopic (exact) mass is 215 g/mol. The average Bonchev–Trinajstić information content (AvgIpc) is 2.91. The molecule has 2 N–H and O–H groups in total. The van der Waals surface area contributed by atoms with Gasteiger partial charge in [-0.2, -0.15) is 0 Å². The van der Waals surface area contributed by atoms with Gasteiger partial charge in [0.25, 0.3) is 0 Å². The second-order valence-electron chi connectivity index (χ2n) is 5.34. The molecule has 0 aliphatic heterocycles. The Morgan fingerprint density at radius 3 is 2.47 bits per heavy atom. The molecule has 0 bridgehead atoms. The molecule has 0 unspecified atom stereocenters. The van der Waals surface area contributed by atoms with Crippen LogP contribution in [0.2, 0.25) is 0 Å². The third-order valence-corrected chi connectivity index (χ3v) is 2.59. The number of carbonyl (C=O) groups excluding carboxylic acids is 1. The van der Waals surface area contributed by atoms with Crippen LogP contribution in [0.15, 0.2) is 0 Å². The van der Waals surface area contributed by atoms with Gasteiger partial charge in [0, 0.05) is 12.0 Å². The van der Waals surface area contributed by atoms with Crippen molar-refractivity contribution >= 4 is 5.91 Å². The first-order valence-electron chi connectivity index (χ1n) is 5.38. The molecule has 0 aromatic heterocycles. The van der Waals surface area contributed by atoms with E-state index in [0.29, 0.717) is 6.54 Å². The predicted octanol–water partition coefficient (Wildman–Crippen LogP) is 0.690. The second-order valence-corrected chi connectivity index (χ2v) is 5.34. The number of rotatable bonds is 5. The highest BCUT2D eigenvalue weighted by atomic mass is 16.5. The van der Waals surface area contributed by atoms with Gasteiger partial charge in [0.05, 0.1) is 12.2 Å². The van der Waals surface area contributed by atoms with Crippen LogP contribution in [-0.4, -0.2) is 36.4 Å². The van der Waals surface area contributed by atoms with Gasteiger partial charge in [-0.15, -0.1) is 0 Å². The predicted molar refractivity (Wildman–Crippen MR) is 57.5 cm³/mol. The first-order chi connectivity index (χ1) is 6.87. The van der Waals surface area contributed by atoms with Gasteiger partial charge in [-0.3, -0.25) is 4.79 Å². The van der Waals surface area contributed by atoms with E-state index in [-0.39, 0.29) is 30.1 Å². The van der Waals surface area contributed by atoms with Crippen molar-refractivity contribution < 1.29 is 14.6 Å². The van der Waals surface area contributed by atoms with Crippen molar-refractivity contribution in [1.82, 2.24) is 5.32 Å². The first-order valence-corrected chi connectivity index (χ1v) is 5.38. The maximum atomic E-state index is 11.4. The number of carbonyl (C=O) groups is 1. The summed E-state index contributed by atoms with van der Waals surface area (Å²) in [6.07, 6.45) is 2.01. The Bertz CT molecular complexity index is 228. The Balaban J connectivity index is 2.14. The van der Waals surface area contributed by atoms with Crippen LogP contribution in [0.25, 0.3) is 0 Å². The molecule has 15 heavy (non-hydrogen) atoms. The van der Waals surface area contributed by atoms with E-state index in [1.807, 2.05) is 20.8 Å². The van der Waals surface area contributed by atoms with Gasteiger partial charge in [0.1, 0.15) is 6.61 Å². The van der Waals surface area contributed by atoms with Crippen molar-refractivity contribution in [3.63, 3.8) is 0 Å². The van der Waals surface area contributed by atoms with E-state index in [2.05, 4.69) is 5.32 Å². The number of amides is 1. The quantitative estimate of drug-likeness (QED) is 0.709. The van der Waals surface area contributed by atoms with Crippen LogP contribution in [0.1, 0.15) is 33.6 Å². The highest BCUT2D eigenvalue weighted by molar-refractivity contribution is 5.77. The summed E-state index contributed by atoms with van der Waals surface area (Å²) in [5.41, 5.74) is -0.316. The van der Waals surface area contributed by atoms with E-state index in [1.165, 1.54) is 0 Å². The van der Waals surface area contributed by atoms with Crippen molar-refractivity contribution in [2.45, 2.75) is 39.2 Å². The minimum absolute atomic E-state index is 0.0304. The maximum absolute atomic E-state index is 11.4. The van der Waals surface area contributed by atoms with Gasteiger partial charge in [0.15, 0.2) is 0 Å². The molecule has 0 saturated heterocycles. The van der Waals surface area contributed by atoms with Crippen LogP contribution < -0.4 is 5.32 Å². The molecule has 0 atom stereocenters. The number of hydrogen-bond acceptors (Lipinski definition) is 3. The highest BCUT2D eigenvalue weighted by Crippen LogP contribution is 2.44. The third kappa shape index (κ3) is 4.62. The van der Waals surface area contributed by atoms with Gasteiger partial charge < -0.3 is 15.2 Å². The molecule has 0 heterocycles. The molecule has 1 fully saturated rings. The molecule has 0 spiro atoms. The summed E-state index contributed by atoms with van der Waals surface area (Å²) in [5, 5.41) is 11.8. The average molecular weight is 215 g/mol. The van der Waals surface area contributed by atoms with E-state index < -0.39 is 0 Å². The smallest absolute Gasteiger partial charge is 0.246 e. The summed E-state index contributed by atoms with van der Waals surface area (Å²) < 4.78 is 5.34. The summed E-state index contributed by atoms with van der Waals surface area (Å²) in [6.45, 7) is 6.55. The molecule has 1 saturated carbocycles. The zero-order valence-electron chi connectivity index (χ0n) is 9.80. The number of nitrogens with one attached hydrogen (secondary N) is 1. The fourth-order valence-corrected chi connectivity index (χ4v) is 1.19. The maximum Gasteiger partial charge on any atom is 0.246 e. The highest BCUT2D eigenvalue weighted by Gasteiger charge is 2.42. The zero-order chi connectivity index (χ0) is 11.5. The van der Waals surface area contributed by atoms with E-state index in [1.54, 1.807) is 0 Å². The Morgan fingerprint density at radius 1 is 1.47 bits per heavy atom. The Labute approximate surface area is 91.0 Å². The van der Waals surface area contributed by atoms with Crippen molar-refractivity contribution in [2.24, 2.45) is 5.41 Å². The summed E-state index contributed by atoms with van der Waals surface area (Å²) >= 11 is 0. The van der Waals surface area contributed by atoms with Crippen molar-refractivity contribution in [3.8, 4) is 0 Å². The summed E-state index contributed by atoms with van der Waals surface area (Å²) in [5.74, 6) is -0.107. The van der Waals surface area contributed by atoms with Gasteiger partial charge in [0.2, 0.25) is 5.91 Å². The molecule has 0 radical (unpaired) electrons. The third-order valence-electron chi connectivity index (χ3n) is 2.59. The number of aliphatic hydroxyl groups is 1. The lowest BCUT2D eigenvalue weighted by molar-refractivity contribution is -0.130. The largest absolute Gasteiger partial charge is 0.396 e. The summed E-state index contributed by atoms with van der Waals surface area (Å²) in [6, 6.07) is 0. The van der Waals surface area contributed by atoms with Crippen molar-refractivity contribution in [3.05, 3.63) is 0 Å². The summed E-state index contributed by atoms with van der Waals surface area (Å²) in [7, 11) is 0. The molecular weight excluding hydrogens is 194 g/mol. The molecule has 4 nitrogen and oxygen atoms in total. The molecule has 1 aliphatic rings. The summed E-state index contributed by atoms with van der Waals surface area (Å²) in [4.78, 5) is 11.4. The lowest BCUT2D eigenvalue weighted by atomic mass is 10.1. The van der Waals surface area contributed by atoms with Gasteiger partial charge in [-0.25, -0.2) is 0 Å². The molecule has 88 valence electrons. The zero-order valence-corrected chi connectivity index (χ0v) is 9.80. The SMILES string of the molecule is CC(C)(C)OCC(=O)NCC1(CO)CC1.